The highest BCUT2D eigenvalue weighted by Gasteiger charge is 2.43. The van der Waals surface area contributed by atoms with Crippen molar-refractivity contribution in [3.63, 3.8) is 0 Å². The molecule has 1 heterocycles. The van der Waals surface area contributed by atoms with Crippen molar-refractivity contribution < 1.29 is 19.1 Å². The van der Waals surface area contributed by atoms with Crippen LogP contribution >= 0.6 is 0 Å². The van der Waals surface area contributed by atoms with Crippen LogP contribution in [0.15, 0.2) is 24.3 Å². The van der Waals surface area contributed by atoms with Gasteiger partial charge in [-0.3, -0.25) is 14.4 Å². The van der Waals surface area contributed by atoms with Crippen LogP contribution in [0.4, 0.5) is 0 Å². The van der Waals surface area contributed by atoms with E-state index >= 15 is 0 Å². The summed E-state index contributed by atoms with van der Waals surface area (Å²) in [5.41, 5.74) is 10.4. The van der Waals surface area contributed by atoms with Gasteiger partial charge < -0.3 is 16.2 Å². The van der Waals surface area contributed by atoms with E-state index in [0.717, 1.165) is 0 Å². The molecule has 2 atom stereocenters. The standard InChI is InChI=1S/C11H10N2O4.C2H6/c12-10(15)7-8(14)5-3-1-2-4-6(5)17-9(7)11(13)16;1-2/h1-4,7,9H,(H2,12,15)(H2,13,16);1-2H3/t7-,9-;/m0./s1. The Morgan fingerprint density at radius 3 is 2.21 bits per heavy atom. The monoisotopic (exact) mass is 264 g/mol. The third kappa shape index (κ3) is 2.73. The van der Waals surface area contributed by atoms with Crippen LogP contribution in [0.1, 0.15) is 24.2 Å². The van der Waals surface area contributed by atoms with Crippen molar-refractivity contribution in [2.24, 2.45) is 17.4 Å². The number of primary amides is 2. The summed E-state index contributed by atoms with van der Waals surface area (Å²) in [7, 11) is 0. The Morgan fingerprint density at radius 1 is 1.11 bits per heavy atom. The fourth-order valence-corrected chi connectivity index (χ4v) is 1.78. The molecule has 1 aromatic carbocycles. The summed E-state index contributed by atoms with van der Waals surface area (Å²) in [5, 5.41) is 0. The molecule has 0 aliphatic carbocycles. The highest BCUT2D eigenvalue weighted by Crippen LogP contribution is 2.30. The van der Waals surface area contributed by atoms with Crippen molar-refractivity contribution >= 4 is 17.6 Å². The molecule has 1 aliphatic rings. The first kappa shape index (κ1) is 14.7. The summed E-state index contributed by atoms with van der Waals surface area (Å²) in [4.78, 5) is 34.3. The van der Waals surface area contributed by atoms with E-state index < -0.39 is 29.6 Å². The number of ketones is 1. The fourth-order valence-electron chi connectivity index (χ4n) is 1.78. The van der Waals surface area contributed by atoms with E-state index in [-0.39, 0.29) is 11.3 Å². The molecule has 0 unspecified atom stereocenters. The zero-order valence-electron chi connectivity index (χ0n) is 10.8. The summed E-state index contributed by atoms with van der Waals surface area (Å²) >= 11 is 0. The molecular weight excluding hydrogens is 248 g/mol. The number of para-hydroxylation sites is 1. The minimum Gasteiger partial charge on any atom is -0.479 e. The van der Waals surface area contributed by atoms with Crippen molar-refractivity contribution in [3.8, 4) is 5.75 Å². The average molecular weight is 264 g/mol. The Kier molecular flexibility index (Phi) is 4.63. The second-order valence-electron chi connectivity index (χ2n) is 3.68. The molecule has 6 nitrogen and oxygen atoms in total. The number of fused-ring (bicyclic) bond motifs is 1. The second kappa shape index (κ2) is 5.99. The van der Waals surface area contributed by atoms with Gasteiger partial charge >= 0.3 is 0 Å². The molecule has 4 N–H and O–H groups in total. The van der Waals surface area contributed by atoms with Crippen molar-refractivity contribution in [1.29, 1.82) is 0 Å². The van der Waals surface area contributed by atoms with Crippen LogP contribution in [0.25, 0.3) is 0 Å². The number of carbonyl (C=O) groups is 3. The van der Waals surface area contributed by atoms with Gasteiger partial charge in [-0.1, -0.05) is 26.0 Å². The number of hydrogen-bond acceptors (Lipinski definition) is 4. The molecular formula is C13H16N2O4. The molecule has 1 aliphatic heterocycles. The third-order valence-corrected chi connectivity index (χ3v) is 2.58. The number of carbonyl (C=O) groups excluding carboxylic acids is 3. The topological polar surface area (TPSA) is 112 Å². The molecule has 0 spiro atoms. The maximum atomic E-state index is 12.0. The van der Waals surface area contributed by atoms with Crippen LogP contribution in [0.2, 0.25) is 0 Å². The summed E-state index contributed by atoms with van der Waals surface area (Å²) in [6.07, 6.45) is -1.34. The first-order chi connectivity index (χ1) is 9.02. The third-order valence-electron chi connectivity index (χ3n) is 2.58. The van der Waals surface area contributed by atoms with Gasteiger partial charge in [0.2, 0.25) is 5.91 Å². The Morgan fingerprint density at radius 2 is 1.68 bits per heavy atom. The smallest absolute Gasteiger partial charge is 0.259 e. The van der Waals surface area contributed by atoms with Gasteiger partial charge in [0.25, 0.3) is 5.91 Å². The number of rotatable bonds is 2. The molecule has 19 heavy (non-hydrogen) atoms. The number of ether oxygens (including phenoxy) is 1. The molecule has 2 amide bonds. The Hall–Kier alpha value is -2.37. The first-order valence-corrected chi connectivity index (χ1v) is 5.91. The van der Waals surface area contributed by atoms with Crippen molar-refractivity contribution in [2.75, 3.05) is 0 Å². The minimum atomic E-state index is -1.36. The number of benzene rings is 1. The molecule has 0 bridgehead atoms. The Balaban J connectivity index is 0.000000861. The molecule has 6 heteroatoms. The molecule has 102 valence electrons. The summed E-state index contributed by atoms with van der Waals surface area (Å²) < 4.78 is 5.24. The van der Waals surface area contributed by atoms with Gasteiger partial charge in [0.05, 0.1) is 5.56 Å². The van der Waals surface area contributed by atoms with Crippen LogP contribution in [0.5, 0.6) is 5.75 Å². The maximum absolute atomic E-state index is 12.0. The van der Waals surface area contributed by atoms with Crippen LogP contribution in [-0.4, -0.2) is 23.7 Å². The molecule has 0 saturated carbocycles. The largest absolute Gasteiger partial charge is 0.479 e. The predicted octanol–water partition coefficient (Wildman–Crippen LogP) is 0.243. The van der Waals surface area contributed by atoms with E-state index in [1.54, 1.807) is 12.1 Å². The first-order valence-electron chi connectivity index (χ1n) is 5.91. The second-order valence-corrected chi connectivity index (χ2v) is 3.68. The van der Waals surface area contributed by atoms with Crippen LogP contribution < -0.4 is 16.2 Å². The highest BCUT2D eigenvalue weighted by molar-refractivity contribution is 6.15. The van der Waals surface area contributed by atoms with Crippen molar-refractivity contribution in [1.82, 2.24) is 0 Å². The van der Waals surface area contributed by atoms with Crippen LogP contribution in [0.3, 0.4) is 0 Å². The van der Waals surface area contributed by atoms with Crippen molar-refractivity contribution in [2.45, 2.75) is 20.0 Å². The van der Waals surface area contributed by atoms with E-state index in [0.29, 0.717) is 0 Å². The van der Waals surface area contributed by atoms with Gasteiger partial charge in [-0.05, 0) is 12.1 Å². The molecule has 1 aromatic rings. The van der Waals surface area contributed by atoms with Crippen LogP contribution in [0, 0.1) is 5.92 Å². The normalized spacial score (nSPS) is 20.4. The number of nitrogens with two attached hydrogens (primary N) is 2. The van der Waals surface area contributed by atoms with Crippen LogP contribution in [-0.2, 0) is 9.59 Å². The Bertz CT molecular complexity index is 513. The zero-order chi connectivity index (χ0) is 14.6. The summed E-state index contributed by atoms with van der Waals surface area (Å²) in [5.74, 6) is -3.48. The van der Waals surface area contributed by atoms with Gasteiger partial charge in [0.15, 0.2) is 11.9 Å². The number of hydrogen-bond donors (Lipinski definition) is 2. The molecule has 0 radical (unpaired) electrons. The lowest BCUT2D eigenvalue weighted by atomic mass is 9.88. The van der Waals surface area contributed by atoms with Crippen molar-refractivity contribution in [3.05, 3.63) is 29.8 Å². The lowest BCUT2D eigenvalue weighted by Gasteiger charge is -2.28. The summed E-state index contributed by atoms with van der Waals surface area (Å²) in [6, 6.07) is 6.31. The van der Waals surface area contributed by atoms with Gasteiger partial charge in [0, 0.05) is 0 Å². The molecule has 2 rings (SSSR count). The zero-order valence-corrected chi connectivity index (χ0v) is 10.8. The average Bonchev–Trinajstić information content (AvgIpc) is 2.40. The maximum Gasteiger partial charge on any atom is 0.259 e. The van der Waals surface area contributed by atoms with E-state index in [1.165, 1.54) is 12.1 Å². The van der Waals surface area contributed by atoms with E-state index in [1.807, 2.05) is 13.8 Å². The summed E-state index contributed by atoms with van der Waals surface area (Å²) in [6.45, 7) is 4.00. The molecule has 0 fully saturated rings. The minimum absolute atomic E-state index is 0.230. The SMILES string of the molecule is CC.NC(=O)[C@H]1C(=O)c2ccccc2O[C@@H]1C(N)=O. The molecule has 0 aromatic heterocycles. The number of amides is 2. The Labute approximate surface area is 110 Å². The van der Waals surface area contributed by atoms with Gasteiger partial charge in [0.1, 0.15) is 11.7 Å². The predicted molar refractivity (Wildman–Crippen MR) is 68.4 cm³/mol. The quantitative estimate of drug-likeness (QED) is 0.745. The lowest BCUT2D eigenvalue weighted by molar-refractivity contribution is -0.133. The lowest BCUT2D eigenvalue weighted by Crippen LogP contribution is -2.51. The van der Waals surface area contributed by atoms with Gasteiger partial charge in [-0.2, -0.15) is 0 Å². The fraction of sp³-hybridized carbons (Fsp3) is 0.308. The van der Waals surface area contributed by atoms with Gasteiger partial charge in [-0.15, -0.1) is 0 Å². The van der Waals surface area contributed by atoms with E-state index in [9.17, 15) is 14.4 Å². The molecule has 0 saturated heterocycles. The van der Waals surface area contributed by atoms with E-state index in [2.05, 4.69) is 0 Å². The van der Waals surface area contributed by atoms with E-state index in [4.69, 9.17) is 16.2 Å². The highest BCUT2D eigenvalue weighted by atomic mass is 16.5. The number of Topliss-reactive ketones (excluding diaryl/α,β-unsaturated/α-hetero) is 1. The van der Waals surface area contributed by atoms with Gasteiger partial charge in [-0.25, -0.2) is 0 Å².